The fraction of sp³-hybridized carbons (Fsp3) is 0.278. The Hall–Kier alpha value is -2.33. The first-order valence-corrected chi connectivity index (χ1v) is 7.34. The molecule has 1 unspecified atom stereocenters. The Labute approximate surface area is 130 Å². The van der Waals surface area contributed by atoms with Crippen molar-refractivity contribution >= 4 is 5.91 Å². The van der Waals surface area contributed by atoms with Crippen molar-refractivity contribution in [1.29, 1.82) is 0 Å². The molecule has 116 valence electrons. The number of phenols is 1. The van der Waals surface area contributed by atoms with E-state index in [9.17, 15) is 15.0 Å². The zero-order valence-corrected chi connectivity index (χ0v) is 12.8. The molecule has 22 heavy (non-hydrogen) atoms. The molecule has 0 spiro atoms. The van der Waals surface area contributed by atoms with E-state index >= 15 is 0 Å². The molecule has 0 bridgehead atoms. The lowest BCUT2D eigenvalue weighted by Gasteiger charge is -2.17. The minimum absolute atomic E-state index is 0.0537. The highest BCUT2D eigenvalue weighted by molar-refractivity contribution is 5.95. The molecule has 0 heterocycles. The molecule has 0 radical (unpaired) electrons. The van der Waals surface area contributed by atoms with Crippen LogP contribution in [0.4, 0.5) is 0 Å². The molecule has 1 amide bonds. The smallest absolute Gasteiger partial charge is 0.251 e. The summed E-state index contributed by atoms with van der Waals surface area (Å²) in [6.07, 6.45) is 0.943. The summed E-state index contributed by atoms with van der Waals surface area (Å²) in [5.41, 5.74) is 3.24. The number of aliphatic hydroxyl groups is 1. The fourth-order valence-corrected chi connectivity index (χ4v) is 2.36. The third-order valence-corrected chi connectivity index (χ3v) is 3.60. The Bertz CT molecular complexity index is 630. The van der Waals surface area contributed by atoms with Crippen molar-refractivity contribution in [3.8, 4) is 5.75 Å². The highest BCUT2D eigenvalue weighted by Crippen LogP contribution is 2.18. The first kappa shape index (κ1) is 16.0. The summed E-state index contributed by atoms with van der Waals surface area (Å²) < 4.78 is 0. The number of aromatic hydroxyl groups is 1. The van der Waals surface area contributed by atoms with Gasteiger partial charge >= 0.3 is 0 Å². The van der Waals surface area contributed by atoms with Crippen LogP contribution in [0.2, 0.25) is 0 Å². The number of carbonyl (C=O) groups is 1. The van der Waals surface area contributed by atoms with Gasteiger partial charge in [-0.2, -0.15) is 0 Å². The average Bonchev–Trinajstić information content (AvgIpc) is 2.51. The summed E-state index contributed by atoms with van der Waals surface area (Å²) in [6.45, 7) is 3.70. The normalized spacial score (nSPS) is 12.0. The predicted molar refractivity (Wildman–Crippen MR) is 86.0 cm³/mol. The van der Waals surface area contributed by atoms with Gasteiger partial charge in [0.05, 0.1) is 12.6 Å². The lowest BCUT2D eigenvalue weighted by atomic mass is 10.0. The van der Waals surface area contributed by atoms with Crippen molar-refractivity contribution in [2.75, 3.05) is 6.61 Å². The van der Waals surface area contributed by atoms with Crippen LogP contribution in [0, 0.1) is 6.92 Å². The molecule has 0 aliphatic carbocycles. The van der Waals surface area contributed by atoms with Gasteiger partial charge in [-0.25, -0.2) is 0 Å². The number of rotatable bonds is 5. The van der Waals surface area contributed by atoms with E-state index in [1.807, 2.05) is 31.2 Å². The summed E-state index contributed by atoms with van der Waals surface area (Å²) in [7, 11) is 0. The van der Waals surface area contributed by atoms with Gasteiger partial charge in [0.25, 0.3) is 5.91 Å². The topological polar surface area (TPSA) is 69.6 Å². The van der Waals surface area contributed by atoms with Crippen LogP contribution in [0.5, 0.6) is 5.75 Å². The third-order valence-electron chi connectivity index (χ3n) is 3.60. The van der Waals surface area contributed by atoms with E-state index < -0.39 is 6.04 Å². The summed E-state index contributed by atoms with van der Waals surface area (Å²) in [4.78, 5) is 12.3. The molecule has 0 saturated carbocycles. The highest BCUT2D eigenvalue weighted by atomic mass is 16.3. The Kier molecular flexibility index (Phi) is 5.17. The second-order valence-corrected chi connectivity index (χ2v) is 5.36. The standard InChI is InChI=1S/C18H21NO3/c1-3-13-4-6-14(7-5-13)17(11-20)19-18(22)15-8-12(2)9-16(21)10-15/h4-10,17,20-21H,3,11H2,1-2H3,(H,19,22). The predicted octanol–water partition coefficient (Wildman–Crippen LogP) is 2.73. The third kappa shape index (κ3) is 3.86. The first-order valence-electron chi connectivity index (χ1n) is 7.34. The number of nitrogens with one attached hydrogen (secondary N) is 1. The summed E-state index contributed by atoms with van der Waals surface area (Å²) >= 11 is 0. The van der Waals surface area contributed by atoms with Gasteiger partial charge in [0.15, 0.2) is 0 Å². The molecule has 2 aromatic carbocycles. The molecule has 1 atom stereocenters. The second-order valence-electron chi connectivity index (χ2n) is 5.36. The largest absolute Gasteiger partial charge is 0.508 e. The molecule has 0 saturated heterocycles. The molecule has 2 rings (SSSR count). The van der Waals surface area contributed by atoms with Gasteiger partial charge in [0, 0.05) is 5.56 Å². The summed E-state index contributed by atoms with van der Waals surface area (Å²) in [5.74, 6) is -0.268. The number of aryl methyl sites for hydroxylation is 2. The number of hydrogen-bond acceptors (Lipinski definition) is 3. The van der Waals surface area contributed by atoms with Crippen LogP contribution in [-0.4, -0.2) is 22.7 Å². The Morgan fingerprint density at radius 3 is 2.41 bits per heavy atom. The second kappa shape index (κ2) is 7.09. The lowest BCUT2D eigenvalue weighted by molar-refractivity contribution is 0.0915. The van der Waals surface area contributed by atoms with Crippen LogP contribution in [0.3, 0.4) is 0 Å². The van der Waals surface area contributed by atoms with E-state index in [0.29, 0.717) is 5.56 Å². The SMILES string of the molecule is CCc1ccc(C(CO)NC(=O)c2cc(C)cc(O)c2)cc1. The van der Waals surface area contributed by atoms with E-state index in [1.165, 1.54) is 11.6 Å². The Morgan fingerprint density at radius 2 is 1.86 bits per heavy atom. The first-order chi connectivity index (χ1) is 10.5. The number of phenolic OH excluding ortho intramolecular Hbond substituents is 1. The number of benzene rings is 2. The van der Waals surface area contributed by atoms with Crippen molar-refractivity contribution in [3.63, 3.8) is 0 Å². The van der Waals surface area contributed by atoms with E-state index in [1.54, 1.807) is 12.1 Å². The molecular weight excluding hydrogens is 278 g/mol. The van der Waals surface area contributed by atoms with Gasteiger partial charge in [-0.15, -0.1) is 0 Å². The van der Waals surface area contributed by atoms with Gasteiger partial charge in [0.2, 0.25) is 0 Å². The fourth-order valence-electron chi connectivity index (χ4n) is 2.36. The number of hydrogen-bond donors (Lipinski definition) is 3. The van der Waals surface area contributed by atoms with Gasteiger partial charge in [-0.05, 0) is 48.2 Å². The monoisotopic (exact) mass is 299 g/mol. The van der Waals surface area contributed by atoms with E-state index in [0.717, 1.165) is 17.5 Å². The van der Waals surface area contributed by atoms with Crippen LogP contribution < -0.4 is 5.32 Å². The molecule has 4 nitrogen and oxygen atoms in total. The molecule has 0 aliphatic heterocycles. The van der Waals surface area contributed by atoms with Crippen LogP contribution in [0.25, 0.3) is 0 Å². The zero-order chi connectivity index (χ0) is 16.1. The van der Waals surface area contributed by atoms with E-state index in [2.05, 4.69) is 12.2 Å². The average molecular weight is 299 g/mol. The summed E-state index contributed by atoms with van der Waals surface area (Å²) in [6, 6.07) is 12.0. The van der Waals surface area contributed by atoms with Gasteiger partial charge in [0.1, 0.15) is 5.75 Å². The van der Waals surface area contributed by atoms with Crippen molar-refractivity contribution in [2.45, 2.75) is 26.3 Å². The lowest BCUT2D eigenvalue weighted by Crippen LogP contribution is -2.30. The van der Waals surface area contributed by atoms with Crippen molar-refractivity contribution < 1.29 is 15.0 Å². The molecule has 2 aromatic rings. The Morgan fingerprint density at radius 1 is 1.18 bits per heavy atom. The van der Waals surface area contributed by atoms with Crippen LogP contribution >= 0.6 is 0 Å². The summed E-state index contributed by atoms with van der Waals surface area (Å²) in [5, 5.41) is 21.9. The molecular formula is C18H21NO3. The molecule has 3 N–H and O–H groups in total. The van der Waals surface area contributed by atoms with E-state index in [4.69, 9.17) is 0 Å². The van der Waals surface area contributed by atoms with Crippen LogP contribution in [-0.2, 0) is 6.42 Å². The number of aliphatic hydroxyl groups excluding tert-OH is 1. The van der Waals surface area contributed by atoms with Crippen LogP contribution in [0.1, 0.15) is 40.0 Å². The minimum Gasteiger partial charge on any atom is -0.508 e. The van der Waals surface area contributed by atoms with Gasteiger partial charge < -0.3 is 15.5 Å². The maximum absolute atomic E-state index is 12.3. The van der Waals surface area contributed by atoms with Gasteiger partial charge in [-0.1, -0.05) is 31.2 Å². The quantitative estimate of drug-likeness (QED) is 0.795. The van der Waals surface area contributed by atoms with Gasteiger partial charge in [-0.3, -0.25) is 4.79 Å². The highest BCUT2D eigenvalue weighted by Gasteiger charge is 2.15. The maximum atomic E-state index is 12.3. The maximum Gasteiger partial charge on any atom is 0.251 e. The number of carbonyl (C=O) groups excluding carboxylic acids is 1. The molecule has 4 heteroatoms. The molecule has 0 fully saturated rings. The van der Waals surface area contributed by atoms with Crippen molar-refractivity contribution in [2.24, 2.45) is 0 Å². The van der Waals surface area contributed by atoms with Crippen molar-refractivity contribution in [1.82, 2.24) is 5.32 Å². The molecule has 0 aliphatic rings. The number of amides is 1. The zero-order valence-electron chi connectivity index (χ0n) is 12.8. The van der Waals surface area contributed by atoms with E-state index in [-0.39, 0.29) is 18.3 Å². The minimum atomic E-state index is -0.471. The van der Waals surface area contributed by atoms with Crippen molar-refractivity contribution in [3.05, 3.63) is 64.7 Å². The Balaban J connectivity index is 2.16. The van der Waals surface area contributed by atoms with Crippen LogP contribution in [0.15, 0.2) is 42.5 Å². The molecule has 0 aromatic heterocycles.